The second kappa shape index (κ2) is 9.17. The number of ether oxygens (including phenoxy) is 1. The molecule has 5 rings (SSSR count). The van der Waals surface area contributed by atoms with Crippen molar-refractivity contribution in [1.29, 1.82) is 0 Å². The van der Waals surface area contributed by atoms with E-state index in [9.17, 15) is 0 Å². The number of aliphatic imine (C=N–C) groups is 2. The van der Waals surface area contributed by atoms with Crippen molar-refractivity contribution in [3.8, 4) is 5.75 Å². The molecule has 1 heterocycles. The number of benzene rings is 3. The average molecular weight is 444 g/mol. The number of hydrogen-bond donors (Lipinski definition) is 1. The summed E-state index contributed by atoms with van der Waals surface area (Å²) in [6, 6.07) is 24.9. The van der Waals surface area contributed by atoms with Crippen LogP contribution in [-0.2, 0) is 6.42 Å². The predicted molar refractivity (Wildman–Crippen MR) is 131 cm³/mol. The van der Waals surface area contributed by atoms with Crippen LogP contribution in [0.4, 0.5) is 0 Å². The van der Waals surface area contributed by atoms with Gasteiger partial charge in [-0.2, -0.15) is 0 Å². The third kappa shape index (κ3) is 4.15. The van der Waals surface area contributed by atoms with Crippen LogP contribution in [0.5, 0.6) is 5.75 Å². The van der Waals surface area contributed by atoms with Crippen molar-refractivity contribution in [2.75, 3.05) is 20.2 Å². The zero-order valence-corrected chi connectivity index (χ0v) is 18.8. The maximum absolute atomic E-state index is 6.57. The first-order chi connectivity index (χ1) is 15.7. The Bertz CT molecular complexity index is 1170. The second-order valence-electron chi connectivity index (χ2n) is 8.28. The number of guanidine groups is 1. The SMILES string of the molecule is COc1ccc(CCNC2=NCC3CC(c4ccccc4Cl)c4ccccc4C3=N2)cc1. The molecule has 32 heavy (non-hydrogen) atoms. The van der Waals surface area contributed by atoms with Gasteiger partial charge >= 0.3 is 0 Å². The van der Waals surface area contributed by atoms with E-state index in [0.717, 1.165) is 48.4 Å². The Morgan fingerprint density at radius 3 is 2.50 bits per heavy atom. The van der Waals surface area contributed by atoms with E-state index in [4.69, 9.17) is 26.3 Å². The highest BCUT2D eigenvalue weighted by atomic mass is 35.5. The van der Waals surface area contributed by atoms with Gasteiger partial charge in [0.15, 0.2) is 0 Å². The van der Waals surface area contributed by atoms with E-state index in [2.05, 4.69) is 53.8 Å². The quantitative estimate of drug-likeness (QED) is 0.566. The van der Waals surface area contributed by atoms with E-state index in [-0.39, 0.29) is 5.92 Å². The zero-order chi connectivity index (χ0) is 21.9. The molecule has 0 fully saturated rings. The van der Waals surface area contributed by atoms with E-state index in [1.165, 1.54) is 22.3 Å². The van der Waals surface area contributed by atoms with Gasteiger partial charge in [0.2, 0.25) is 5.96 Å². The molecule has 0 radical (unpaired) electrons. The molecule has 0 saturated heterocycles. The van der Waals surface area contributed by atoms with Gasteiger partial charge in [0.05, 0.1) is 19.4 Å². The highest BCUT2D eigenvalue weighted by Gasteiger charge is 2.35. The molecule has 4 nitrogen and oxygen atoms in total. The van der Waals surface area contributed by atoms with Gasteiger partial charge in [-0.1, -0.05) is 66.2 Å². The number of hydrogen-bond acceptors (Lipinski definition) is 4. The average Bonchev–Trinajstić information content (AvgIpc) is 2.84. The summed E-state index contributed by atoms with van der Waals surface area (Å²) >= 11 is 6.57. The van der Waals surface area contributed by atoms with Crippen molar-refractivity contribution in [3.05, 3.63) is 100 Å². The Labute approximate surface area is 194 Å². The van der Waals surface area contributed by atoms with Crippen LogP contribution in [0.2, 0.25) is 5.02 Å². The predicted octanol–water partition coefficient (Wildman–Crippen LogP) is 5.49. The smallest absolute Gasteiger partial charge is 0.218 e. The minimum absolute atomic E-state index is 0.267. The fourth-order valence-electron chi connectivity index (χ4n) is 4.69. The van der Waals surface area contributed by atoms with Gasteiger partial charge in [0.1, 0.15) is 5.75 Å². The number of rotatable bonds is 5. The molecule has 0 saturated carbocycles. The van der Waals surface area contributed by atoms with Crippen molar-refractivity contribution >= 4 is 23.3 Å². The molecule has 2 atom stereocenters. The molecule has 0 amide bonds. The summed E-state index contributed by atoms with van der Waals surface area (Å²) < 4.78 is 5.23. The zero-order valence-electron chi connectivity index (χ0n) is 18.1. The number of nitrogens with one attached hydrogen (secondary N) is 1. The van der Waals surface area contributed by atoms with Crippen molar-refractivity contribution in [2.24, 2.45) is 15.9 Å². The first-order valence-electron chi connectivity index (χ1n) is 11.1. The van der Waals surface area contributed by atoms with Gasteiger partial charge in [0, 0.05) is 29.0 Å². The molecule has 0 bridgehead atoms. The number of halogens is 1. The van der Waals surface area contributed by atoms with Crippen LogP contribution in [0.25, 0.3) is 0 Å². The van der Waals surface area contributed by atoms with E-state index >= 15 is 0 Å². The molecule has 1 aliphatic carbocycles. The van der Waals surface area contributed by atoms with Crippen LogP contribution in [0.3, 0.4) is 0 Å². The molecule has 3 aromatic rings. The Morgan fingerprint density at radius 2 is 1.72 bits per heavy atom. The maximum Gasteiger partial charge on any atom is 0.218 e. The topological polar surface area (TPSA) is 46.0 Å². The molecule has 1 N–H and O–H groups in total. The molecule has 0 spiro atoms. The van der Waals surface area contributed by atoms with Crippen LogP contribution in [0.15, 0.2) is 82.8 Å². The Morgan fingerprint density at radius 1 is 0.969 bits per heavy atom. The van der Waals surface area contributed by atoms with E-state index < -0.39 is 0 Å². The summed E-state index contributed by atoms with van der Waals surface area (Å²) in [5.41, 5.74) is 6.11. The molecular weight excluding hydrogens is 418 g/mol. The van der Waals surface area contributed by atoms with Crippen molar-refractivity contribution in [1.82, 2.24) is 5.32 Å². The molecule has 1 aliphatic heterocycles. The van der Waals surface area contributed by atoms with Gasteiger partial charge in [-0.15, -0.1) is 0 Å². The lowest BCUT2D eigenvalue weighted by atomic mass is 9.72. The highest BCUT2D eigenvalue weighted by Crippen LogP contribution is 2.42. The summed E-state index contributed by atoms with van der Waals surface area (Å²) in [6.45, 7) is 1.54. The lowest BCUT2D eigenvalue weighted by Crippen LogP contribution is -2.36. The third-order valence-electron chi connectivity index (χ3n) is 6.34. The first-order valence-corrected chi connectivity index (χ1v) is 11.4. The van der Waals surface area contributed by atoms with Gasteiger partial charge < -0.3 is 10.1 Å². The van der Waals surface area contributed by atoms with Crippen molar-refractivity contribution < 1.29 is 4.74 Å². The van der Waals surface area contributed by atoms with Crippen LogP contribution >= 0.6 is 11.6 Å². The van der Waals surface area contributed by atoms with Gasteiger partial charge in [-0.25, -0.2) is 4.99 Å². The van der Waals surface area contributed by atoms with Gasteiger partial charge in [-0.3, -0.25) is 4.99 Å². The molecular formula is C27H26ClN3O. The summed E-state index contributed by atoms with van der Waals surface area (Å²) in [5.74, 6) is 2.18. The Hall–Kier alpha value is -3.11. The lowest BCUT2D eigenvalue weighted by Gasteiger charge is -2.34. The minimum atomic E-state index is 0.267. The van der Waals surface area contributed by atoms with Crippen LogP contribution in [0.1, 0.15) is 34.6 Å². The molecule has 2 aliphatic rings. The van der Waals surface area contributed by atoms with E-state index in [0.29, 0.717) is 5.92 Å². The Kier molecular flexibility index (Phi) is 5.95. The molecule has 5 heteroatoms. The number of methoxy groups -OCH3 is 1. The van der Waals surface area contributed by atoms with Gasteiger partial charge in [0.25, 0.3) is 0 Å². The largest absolute Gasteiger partial charge is 0.497 e. The third-order valence-corrected chi connectivity index (χ3v) is 6.69. The fraction of sp³-hybridized carbons (Fsp3) is 0.259. The van der Waals surface area contributed by atoms with E-state index in [1.54, 1.807) is 7.11 Å². The van der Waals surface area contributed by atoms with Crippen molar-refractivity contribution in [3.63, 3.8) is 0 Å². The highest BCUT2D eigenvalue weighted by molar-refractivity contribution is 6.31. The molecule has 0 aromatic heterocycles. The number of fused-ring (bicyclic) bond motifs is 3. The summed E-state index contributed by atoms with van der Waals surface area (Å²) in [7, 11) is 1.68. The van der Waals surface area contributed by atoms with E-state index in [1.807, 2.05) is 24.3 Å². The monoisotopic (exact) mass is 443 g/mol. The summed E-state index contributed by atoms with van der Waals surface area (Å²) in [4.78, 5) is 9.72. The van der Waals surface area contributed by atoms with Gasteiger partial charge in [-0.05, 0) is 47.7 Å². The molecule has 2 unspecified atom stereocenters. The fourth-order valence-corrected chi connectivity index (χ4v) is 4.96. The number of nitrogens with zero attached hydrogens (tertiary/aromatic N) is 2. The summed E-state index contributed by atoms with van der Waals surface area (Å²) in [5, 5.41) is 4.25. The van der Waals surface area contributed by atoms with Crippen LogP contribution in [0, 0.1) is 5.92 Å². The van der Waals surface area contributed by atoms with Crippen LogP contribution in [-0.4, -0.2) is 31.9 Å². The molecule has 162 valence electrons. The lowest BCUT2D eigenvalue weighted by molar-refractivity contribution is 0.414. The minimum Gasteiger partial charge on any atom is -0.497 e. The maximum atomic E-state index is 6.57. The van der Waals surface area contributed by atoms with Crippen LogP contribution < -0.4 is 10.1 Å². The standard InChI is InChI=1S/C27H26ClN3O/c1-32-20-12-10-18(11-13-20)14-15-29-27-30-17-19-16-24(22-7-4-5-9-25(22)28)21-6-2-3-8-23(21)26(19)31-27/h2-13,19,24H,14-17H2,1H3,(H,29,30). The molecule has 3 aromatic carbocycles. The Balaban J connectivity index is 1.34. The first kappa shape index (κ1) is 20.8. The second-order valence-corrected chi connectivity index (χ2v) is 8.69. The summed E-state index contributed by atoms with van der Waals surface area (Å²) in [6.07, 6.45) is 1.88. The normalized spacial score (nSPS) is 19.3. The van der Waals surface area contributed by atoms with Crippen molar-refractivity contribution in [2.45, 2.75) is 18.8 Å².